The molecule has 8 heteroatoms. The van der Waals surface area contributed by atoms with Crippen LogP contribution in [-0.4, -0.2) is 8.42 Å². The summed E-state index contributed by atoms with van der Waals surface area (Å²) < 4.78 is 40.2. The van der Waals surface area contributed by atoms with Crippen molar-refractivity contribution in [3.63, 3.8) is 0 Å². The van der Waals surface area contributed by atoms with Gasteiger partial charge in [0.25, 0.3) is 0 Å². The van der Waals surface area contributed by atoms with Crippen LogP contribution >= 0.6 is 22.9 Å². The summed E-state index contributed by atoms with van der Waals surface area (Å²) in [6.45, 7) is 0.117. The number of sulfonamides is 1. The molecule has 0 fully saturated rings. The van der Waals surface area contributed by atoms with Crippen LogP contribution in [0.4, 0.5) is 4.39 Å². The topological polar surface area (TPSA) is 72.2 Å². The van der Waals surface area contributed by atoms with Crippen molar-refractivity contribution < 1.29 is 12.8 Å². The molecule has 20 heavy (non-hydrogen) atoms. The number of nitrogens with two attached hydrogens (primary N) is 1. The Balaban J connectivity index is 2.27. The summed E-state index contributed by atoms with van der Waals surface area (Å²) in [5.74, 6) is -0.800. The highest BCUT2D eigenvalue weighted by atomic mass is 35.5. The molecule has 2 rings (SSSR count). The van der Waals surface area contributed by atoms with Gasteiger partial charge in [-0.15, -0.1) is 11.3 Å². The predicted octanol–water partition coefficient (Wildman–Crippen LogP) is 2.48. The van der Waals surface area contributed by atoms with Crippen LogP contribution < -0.4 is 10.5 Å². The third-order valence-electron chi connectivity index (χ3n) is 2.62. The average Bonchev–Trinajstić information content (AvgIpc) is 2.92. The van der Waals surface area contributed by atoms with Crippen molar-refractivity contribution in [3.05, 3.63) is 50.9 Å². The minimum absolute atomic E-state index is 0.0377. The van der Waals surface area contributed by atoms with Crippen molar-refractivity contribution in [2.45, 2.75) is 18.0 Å². The number of thiophene rings is 1. The molecule has 1 aromatic heterocycles. The monoisotopic (exact) mass is 334 g/mol. The first-order valence-corrected chi connectivity index (χ1v) is 8.38. The standard InChI is InChI=1S/C12H12ClFN2O2S2/c13-12-8(6-15)4-10(5-11(12)14)20(17,18)16-7-9-2-1-3-19-9/h1-5,16H,6-7,15H2. The molecule has 0 saturated heterocycles. The van der Waals surface area contributed by atoms with Gasteiger partial charge in [-0.05, 0) is 29.1 Å². The Morgan fingerprint density at radius 3 is 2.75 bits per heavy atom. The zero-order valence-electron chi connectivity index (χ0n) is 10.3. The second kappa shape index (κ2) is 6.19. The minimum Gasteiger partial charge on any atom is -0.326 e. The van der Waals surface area contributed by atoms with E-state index in [9.17, 15) is 12.8 Å². The first kappa shape index (κ1) is 15.4. The Morgan fingerprint density at radius 1 is 1.40 bits per heavy atom. The molecule has 1 heterocycles. The Hall–Kier alpha value is -0.990. The highest BCUT2D eigenvalue weighted by Gasteiger charge is 2.18. The molecule has 0 aliphatic heterocycles. The number of hydrogen-bond donors (Lipinski definition) is 2. The van der Waals surface area contributed by atoms with Gasteiger partial charge in [0.1, 0.15) is 5.82 Å². The maximum Gasteiger partial charge on any atom is 0.241 e. The third-order valence-corrected chi connectivity index (χ3v) is 5.30. The molecule has 0 atom stereocenters. The molecule has 108 valence electrons. The Morgan fingerprint density at radius 2 is 2.15 bits per heavy atom. The summed E-state index contributed by atoms with van der Waals surface area (Å²) >= 11 is 7.14. The molecule has 1 aromatic carbocycles. The molecule has 0 bridgehead atoms. The van der Waals surface area contributed by atoms with Gasteiger partial charge >= 0.3 is 0 Å². The fraction of sp³-hybridized carbons (Fsp3) is 0.167. The van der Waals surface area contributed by atoms with E-state index < -0.39 is 15.8 Å². The zero-order chi connectivity index (χ0) is 14.8. The number of halogens is 2. The maximum atomic E-state index is 13.6. The van der Waals surface area contributed by atoms with Crippen molar-refractivity contribution in [2.75, 3.05) is 0 Å². The van der Waals surface area contributed by atoms with Crippen LogP contribution in [0.2, 0.25) is 5.02 Å². The van der Waals surface area contributed by atoms with E-state index in [1.165, 1.54) is 17.4 Å². The molecule has 0 aliphatic carbocycles. The van der Waals surface area contributed by atoms with Crippen LogP contribution in [0, 0.1) is 5.82 Å². The number of rotatable bonds is 5. The summed E-state index contributed by atoms with van der Waals surface area (Å²) in [7, 11) is -3.81. The van der Waals surface area contributed by atoms with Gasteiger partial charge in [0.05, 0.1) is 9.92 Å². The van der Waals surface area contributed by atoms with Gasteiger partial charge < -0.3 is 5.73 Å². The van der Waals surface area contributed by atoms with Crippen molar-refractivity contribution in [3.8, 4) is 0 Å². The Kier molecular flexibility index (Phi) is 4.77. The van der Waals surface area contributed by atoms with Gasteiger partial charge in [0, 0.05) is 18.0 Å². The largest absolute Gasteiger partial charge is 0.326 e. The molecule has 0 amide bonds. The molecule has 4 nitrogen and oxygen atoms in total. The smallest absolute Gasteiger partial charge is 0.241 e. The number of benzene rings is 1. The molecule has 3 N–H and O–H groups in total. The van der Waals surface area contributed by atoms with Gasteiger partial charge in [0.15, 0.2) is 0 Å². The fourth-order valence-electron chi connectivity index (χ4n) is 1.58. The first-order valence-electron chi connectivity index (χ1n) is 5.64. The van der Waals surface area contributed by atoms with E-state index in [1.807, 2.05) is 11.4 Å². The van der Waals surface area contributed by atoms with Crippen LogP contribution in [0.1, 0.15) is 10.4 Å². The van der Waals surface area contributed by atoms with Crippen LogP contribution in [0.5, 0.6) is 0 Å². The molecule has 0 saturated carbocycles. The van der Waals surface area contributed by atoms with E-state index >= 15 is 0 Å². The van der Waals surface area contributed by atoms with Crippen LogP contribution in [0.15, 0.2) is 34.5 Å². The van der Waals surface area contributed by atoms with Crippen LogP contribution in [-0.2, 0) is 23.1 Å². The molecule has 0 unspecified atom stereocenters. The first-order chi connectivity index (χ1) is 9.44. The maximum absolute atomic E-state index is 13.6. The van der Waals surface area contributed by atoms with E-state index in [4.69, 9.17) is 17.3 Å². The molecule has 2 aromatic rings. The van der Waals surface area contributed by atoms with Gasteiger partial charge in [-0.2, -0.15) is 0 Å². The van der Waals surface area contributed by atoms with Crippen LogP contribution in [0.25, 0.3) is 0 Å². The minimum atomic E-state index is -3.81. The van der Waals surface area contributed by atoms with Crippen molar-refractivity contribution >= 4 is 33.0 Å². The SMILES string of the molecule is NCc1cc(S(=O)(=O)NCc2cccs2)cc(F)c1Cl. The zero-order valence-corrected chi connectivity index (χ0v) is 12.7. The lowest BCUT2D eigenvalue weighted by Crippen LogP contribution is -2.23. The summed E-state index contributed by atoms with van der Waals surface area (Å²) in [4.78, 5) is 0.679. The third kappa shape index (κ3) is 3.36. The molecule has 0 radical (unpaired) electrons. The molecule has 0 spiro atoms. The van der Waals surface area contributed by atoms with Crippen molar-refractivity contribution in [1.82, 2.24) is 4.72 Å². The second-order valence-corrected chi connectivity index (χ2v) is 7.16. The average molecular weight is 335 g/mol. The quantitative estimate of drug-likeness (QED) is 0.882. The summed E-state index contributed by atoms with van der Waals surface area (Å²) in [5.41, 5.74) is 5.67. The number of nitrogens with one attached hydrogen (secondary N) is 1. The lowest BCUT2D eigenvalue weighted by Gasteiger charge is -2.09. The lowest BCUT2D eigenvalue weighted by molar-refractivity contribution is 0.577. The highest BCUT2D eigenvalue weighted by Crippen LogP contribution is 2.24. The second-order valence-electron chi connectivity index (χ2n) is 3.99. The van der Waals surface area contributed by atoms with Gasteiger partial charge in [-0.3, -0.25) is 0 Å². The molecular weight excluding hydrogens is 323 g/mol. The summed E-state index contributed by atoms with van der Waals surface area (Å²) in [6.07, 6.45) is 0. The Labute approximate surface area is 125 Å². The number of hydrogen-bond acceptors (Lipinski definition) is 4. The summed E-state index contributed by atoms with van der Waals surface area (Å²) in [6, 6.07) is 5.80. The van der Waals surface area contributed by atoms with Gasteiger partial charge in [-0.1, -0.05) is 17.7 Å². The van der Waals surface area contributed by atoms with E-state index in [-0.39, 0.29) is 28.6 Å². The molecule has 0 aliphatic rings. The molecular formula is C12H12ClFN2O2S2. The van der Waals surface area contributed by atoms with Crippen molar-refractivity contribution in [2.24, 2.45) is 5.73 Å². The van der Waals surface area contributed by atoms with Gasteiger partial charge in [-0.25, -0.2) is 17.5 Å². The van der Waals surface area contributed by atoms with E-state index in [0.717, 1.165) is 10.9 Å². The van der Waals surface area contributed by atoms with E-state index in [0.29, 0.717) is 0 Å². The summed E-state index contributed by atoms with van der Waals surface area (Å²) in [5, 5.41) is 1.70. The van der Waals surface area contributed by atoms with Gasteiger partial charge in [0.2, 0.25) is 10.0 Å². The van der Waals surface area contributed by atoms with E-state index in [1.54, 1.807) is 6.07 Å². The highest BCUT2D eigenvalue weighted by molar-refractivity contribution is 7.89. The normalized spacial score (nSPS) is 11.8. The lowest BCUT2D eigenvalue weighted by atomic mass is 10.2. The van der Waals surface area contributed by atoms with E-state index in [2.05, 4.69) is 4.72 Å². The fourth-order valence-corrected chi connectivity index (χ4v) is 3.58. The van der Waals surface area contributed by atoms with Crippen LogP contribution in [0.3, 0.4) is 0 Å². The Bertz CT molecular complexity index is 702. The van der Waals surface area contributed by atoms with Crippen molar-refractivity contribution in [1.29, 1.82) is 0 Å². The predicted molar refractivity (Wildman–Crippen MR) is 77.6 cm³/mol.